The average molecular weight is 223 g/mol. The Hall–Kier alpha value is -1.29. The van der Waals surface area contributed by atoms with Crippen LogP contribution >= 0.6 is 0 Å². The fourth-order valence-electron chi connectivity index (χ4n) is 1.60. The zero-order valence-electron chi connectivity index (χ0n) is 10.3. The molecule has 3 N–H and O–H groups in total. The van der Waals surface area contributed by atoms with Crippen LogP contribution in [0.15, 0.2) is 12.1 Å². The molecule has 1 aromatic heterocycles. The third kappa shape index (κ3) is 3.10. The molecule has 1 atom stereocenters. The first kappa shape index (κ1) is 12.8. The van der Waals surface area contributed by atoms with E-state index in [1.54, 1.807) is 0 Å². The summed E-state index contributed by atoms with van der Waals surface area (Å²) in [7, 11) is 1.99. The summed E-state index contributed by atoms with van der Waals surface area (Å²) in [6.07, 6.45) is 1.66. The first-order valence-electron chi connectivity index (χ1n) is 5.70. The molecule has 16 heavy (non-hydrogen) atoms. The van der Waals surface area contributed by atoms with Crippen LogP contribution in [0.25, 0.3) is 0 Å². The third-order valence-electron chi connectivity index (χ3n) is 2.86. The van der Waals surface area contributed by atoms with E-state index < -0.39 is 0 Å². The molecule has 4 heteroatoms. The van der Waals surface area contributed by atoms with E-state index in [-0.39, 0.29) is 11.9 Å². The molecule has 0 aromatic carbocycles. The molecule has 0 saturated carbocycles. The zero-order chi connectivity index (χ0) is 12.1. The van der Waals surface area contributed by atoms with Gasteiger partial charge >= 0.3 is 0 Å². The van der Waals surface area contributed by atoms with Crippen LogP contribution in [-0.4, -0.2) is 16.5 Å². The summed E-state index contributed by atoms with van der Waals surface area (Å²) < 4.78 is 2.06. The molecule has 0 fully saturated rings. The molecule has 0 aliphatic heterocycles. The fourth-order valence-corrected chi connectivity index (χ4v) is 1.60. The number of carbonyl (C=O) groups is 1. The molecule has 0 aliphatic carbocycles. The summed E-state index contributed by atoms with van der Waals surface area (Å²) in [6, 6.07) is 3.67. The van der Waals surface area contributed by atoms with E-state index in [1.165, 1.54) is 5.69 Å². The average Bonchev–Trinajstić information content (AvgIpc) is 2.57. The van der Waals surface area contributed by atoms with Gasteiger partial charge in [0.2, 0.25) is 5.91 Å². The smallest absolute Gasteiger partial charge is 0.237 e. The van der Waals surface area contributed by atoms with E-state index in [9.17, 15) is 4.79 Å². The van der Waals surface area contributed by atoms with E-state index in [4.69, 9.17) is 5.73 Å². The minimum atomic E-state index is -0.383. The van der Waals surface area contributed by atoms with Gasteiger partial charge in [-0.25, -0.2) is 0 Å². The van der Waals surface area contributed by atoms with Crippen LogP contribution < -0.4 is 11.1 Å². The monoisotopic (exact) mass is 223 g/mol. The van der Waals surface area contributed by atoms with E-state index in [0.717, 1.165) is 18.5 Å². The summed E-state index contributed by atoms with van der Waals surface area (Å²) >= 11 is 0. The first-order chi connectivity index (χ1) is 7.56. The number of nitrogens with two attached hydrogens (primary N) is 1. The van der Waals surface area contributed by atoms with Gasteiger partial charge in [0, 0.05) is 18.4 Å². The van der Waals surface area contributed by atoms with Gasteiger partial charge < -0.3 is 15.6 Å². The number of rotatable bonds is 5. The van der Waals surface area contributed by atoms with Crippen LogP contribution in [0.4, 0.5) is 0 Å². The van der Waals surface area contributed by atoms with Crippen molar-refractivity contribution in [3.8, 4) is 0 Å². The Balaban J connectivity index is 2.46. The van der Waals surface area contributed by atoms with Crippen LogP contribution in [0.3, 0.4) is 0 Å². The van der Waals surface area contributed by atoms with Crippen molar-refractivity contribution in [1.82, 2.24) is 9.88 Å². The molecule has 0 spiro atoms. The molecule has 4 nitrogen and oxygen atoms in total. The Morgan fingerprint density at radius 2 is 2.25 bits per heavy atom. The van der Waals surface area contributed by atoms with E-state index in [0.29, 0.717) is 6.54 Å². The van der Waals surface area contributed by atoms with Gasteiger partial charge in [0.05, 0.1) is 12.6 Å². The Labute approximate surface area is 96.8 Å². The Bertz CT molecular complexity index is 357. The summed E-state index contributed by atoms with van der Waals surface area (Å²) in [6.45, 7) is 4.60. The lowest BCUT2D eigenvalue weighted by Crippen LogP contribution is -2.40. The molecule has 1 amide bonds. The van der Waals surface area contributed by atoms with Crippen molar-refractivity contribution in [2.75, 3.05) is 0 Å². The van der Waals surface area contributed by atoms with E-state index >= 15 is 0 Å². The minimum Gasteiger partial charge on any atom is -0.350 e. The van der Waals surface area contributed by atoms with Crippen LogP contribution in [0.1, 0.15) is 31.2 Å². The normalized spacial score (nSPS) is 12.5. The molecule has 1 rings (SSSR count). The van der Waals surface area contributed by atoms with E-state index in [1.807, 2.05) is 33.0 Å². The largest absolute Gasteiger partial charge is 0.350 e. The van der Waals surface area contributed by atoms with Crippen molar-refractivity contribution in [3.05, 3.63) is 23.5 Å². The van der Waals surface area contributed by atoms with Gasteiger partial charge in [-0.1, -0.05) is 13.3 Å². The second-order valence-electron chi connectivity index (χ2n) is 4.14. The number of nitrogens with one attached hydrogen (secondary N) is 1. The van der Waals surface area contributed by atoms with Crippen molar-refractivity contribution in [1.29, 1.82) is 0 Å². The molecular weight excluding hydrogens is 202 g/mol. The number of aromatic nitrogens is 1. The molecule has 1 heterocycles. The molecule has 1 aromatic rings. The second-order valence-corrected chi connectivity index (χ2v) is 4.14. The van der Waals surface area contributed by atoms with Gasteiger partial charge in [0.1, 0.15) is 0 Å². The standard InChI is InChI=1S/C12H21N3O/c1-4-5-11(13)12(16)14-8-10-7-6-9(2)15(10)3/h6-7,11H,4-5,8,13H2,1-3H3,(H,14,16). The van der Waals surface area contributed by atoms with Crippen molar-refractivity contribution in [2.24, 2.45) is 12.8 Å². The lowest BCUT2D eigenvalue weighted by atomic mass is 10.2. The number of amides is 1. The number of carbonyl (C=O) groups excluding carboxylic acids is 1. The van der Waals surface area contributed by atoms with Crippen molar-refractivity contribution >= 4 is 5.91 Å². The highest BCUT2D eigenvalue weighted by atomic mass is 16.2. The lowest BCUT2D eigenvalue weighted by Gasteiger charge is -2.11. The van der Waals surface area contributed by atoms with Gasteiger partial charge in [-0.3, -0.25) is 4.79 Å². The first-order valence-corrected chi connectivity index (χ1v) is 5.70. The molecule has 1 unspecified atom stereocenters. The highest BCUT2D eigenvalue weighted by Crippen LogP contribution is 2.05. The molecule has 0 aliphatic rings. The summed E-state index contributed by atoms with van der Waals surface area (Å²) in [5, 5.41) is 2.85. The Kier molecular flexibility index (Phi) is 4.55. The minimum absolute atomic E-state index is 0.0688. The van der Waals surface area contributed by atoms with Gasteiger partial charge in [-0.15, -0.1) is 0 Å². The highest BCUT2D eigenvalue weighted by molar-refractivity contribution is 5.81. The number of nitrogens with zero attached hydrogens (tertiary/aromatic N) is 1. The van der Waals surface area contributed by atoms with Crippen LogP contribution in [0, 0.1) is 6.92 Å². The van der Waals surface area contributed by atoms with Gasteiger partial charge in [0.15, 0.2) is 0 Å². The van der Waals surface area contributed by atoms with Crippen LogP contribution in [0.2, 0.25) is 0 Å². The molecule has 90 valence electrons. The number of hydrogen-bond acceptors (Lipinski definition) is 2. The van der Waals surface area contributed by atoms with Crippen molar-refractivity contribution in [2.45, 2.75) is 39.3 Å². The molecule has 0 bridgehead atoms. The number of aryl methyl sites for hydroxylation is 1. The SMILES string of the molecule is CCCC(N)C(=O)NCc1ccc(C)n1C. The summed E-state index contributed by atoms with van der Waals surface area (Å²) in [5.41, 5.74) is 7.99. The second kappa shape index (κ2) is 5.70. The van der Waals surface area contributed by atoms with Gasteiger partial charge in [0.25, 0.3) is 0 Å². The molecular formula is C12H21N3O. The predicted octanol–water partition coefficient (Wildman–Crippen LogP) is 1.08. The maximum absolute atomic E-state index is 11.6. The number of hydrogen-bond donors (Lipinski definition) is 2. The zero-order valence-corrected chi connectivity index (χ0v) is 10.3. The Morgan fingerprint density at radius 1 is 1.56 bits per heavy atom. The topological polar surface area (TPSA) is 60.1 Å². The quantitative estimate of drug-likeness (QED) is 0.784. The van der Waals surface area contributed by atoms with Crippen molar-refractivity contribution < 1.29 is 4.79 Å². The fraction of sp³-hybridized carbons (Fsp3) is 0.583. The van der Waals surface area contributed by atoms with Crippen molar-refractivity contribution in [3.63, 3.8) is 0 Å². The van der Waals surface area contributed by atoms with Crippen LogP contribution in [0.5, 0.6) is 0 Å². The van der Waals surface area contributed by atoms with E-state index in [2.05, 4.69) is 9.88 Å². The van der Waals surface area contributed by atoms with Crippen LogP contribution in [-0.2, 0) is 18.4 Å². The summed E-state index contributed by atoms with van der Waals surface area (Å²) in [5.74, 6) is -0.0688. The lowest BCUT2D eigenvalue weighted by molar-refractivity contribution is -0.122. The third-order valence-corrected chi connectivity index (χ3v) is 2.86. The summed E-state index contributed by atoms with van der Waals surface area (Å²) in [4.78, 5) is 11.6. The maximum Gasteiger partial charge on any atom is 0.237 e. The molecule has 0 saturated heterocycles. The Morgan fingerprint density at radius 3 is 2.75 bits per heavy atom. The highest BCUT2D eigenvalue weighted by Gasteiger charge is 2.12. The van der Waals surface area contributed by atoms with Gasteiger partial charge in [-0.2, -0.15) is 0 Å². The molecule has 0 radical (unpaired) electrons. The predicted molar refractivity (Wildman–Crippen MR) is 64.9 cm³/mol. The van der Waals surface area contributed by atoms with Gasteiger partial charge in [-0.05, 0) is 25.5 Å². The maximum atomic E-state index is 11.6.